The molecule has 1 rings (SSSR count). The molecule has 0 aliphatic carbocycles. The van der Waals surface area contributed by atoms with Crippen molar-refractivity contribution in [1.29, 1.82) is 0 Å². The highest BCUT2D eigenvalue weighted by Gasteiger charge is 2.17. The van der Waals surface area contributed by atoms with Gasteiger partial charge >= 0.3 is 5.97 Å². The monoisotopic (exact) mass is 221 g/mol. The van der Waals surface area contributed by atoms with Crippen LogP contribution in [0.2, 0.25) is 0 Å². The lowest BCUT2D eigenvalue weighted by atomic mass is 10.1. The van der Waals surface area contributed by atoms with E-state index < -0.39 is 5.60 Å². The molecular weight excluding hydrogens is 202 g/mol. The summed E-state index contributed by atoms with van der Waals surface area (Å²) in [5.41, 5.74) is 1.69. The van der Waals surface area contributed by atoms with Crippen LogP contribution in [0.5, 0.6) is 0 Å². The minimum Gasteiger partial charge on any atom is -0.460 e. The van der Waals surface area contributed by atoms with Crippen molar-refractivity contribution < 1.29 is 9.53 Å². The van der Waals surface area contributed by atoms with Crippen molar-refractivity contribution in [3.05, 3.63) is 29.6 Å². The molecule has 0 aromatic carbocycles. The highest BCUT2D eigenvalue weighted by Crippen LogP contribution is 2.12. The molecule has 0 atom stereocenters. The maximum Gasteiger partial charge on any atom is 0.310 e. The van der Waals surface area contributed by atoms with E-state index >= 15 is 0 Å². The fourth-order valence-electron chi connectivity index (χ4n) is 1.48. The van der Waals surface area contributed by atoms with Crippen LogP contribution in [0.15, 0.2) is 18.5 Å². The van der Waals surface area contributed by atoms with Crippen molar-refractivity contribution in [2.45, 2.75) is 46.1 Å². The zero-order valence-corrected chi connectivity index (χ0v) is 10.4. The molecule has 1 aromatic rings. The van der Waals surface area contributed by atoms with Crippen molar-refractivity contribution in [3.63, 3.8) is 0 Å². The first-order valence-electron chi connectivity index (χ1n) is 5.56. The predicted octanol–water partition coefficient (Wildman–Crippen LogP) is 2.53. The third kappa shape index (κ3) is 4.01. The molecule has 0 saturated heterocycles. The number of hydrogen-bond donors (Lipinski definition) is 0. The van der Waals surface area contributed by atoms with Crippen LogP contribution in [0.3, 0.4) is 0 Å². The van der Waals surface area contributed by atoms with Gasteiger partial charge in [-0.3, -0.25) is 9.78 Å². The van der Waals surface area contributed by atoms with E-state index in [1.165, 1.54) is 0 Å². The van der Waals surface area contributed by atoms with Gasteiger partial charge in [-0.1, -0.05) is 6.92 Å². The van der Waals surface area contributed by atoms with Crippen LogP contribution in [0, 0.1) is 0 Å². The molecule has 0 radical (unpaired) electrons. The maximum absolute atomic E-state index is 11.7. The zero-order chi connectivity index (χ0) is 12.2. The number of hydrogen-bond acceptors (Lipinski definition) is 3. The van der Waals surface area contributed by atoms with Crippen LogP contribution in [-0.2, 0) is 22.4 Å². The Bertz CT molecular complexity index is 366. The van der Waals surface area contributed by atoms with Gasteiger partial charge in [-0.15, -0.1) is 0 Å². The Labute approximate surface area is 96.8 Å². The molecule has 0 aliphatic heterocycles. The first-order chi connectivity index (χ1) is 7.42. The molecule has 0 amide bonds. The van der Waals surface area contributed by atoms with Gasteiger partial charge in [0, 0.05) is 12.4 Å². The second kappa shape index (κ2) is 5.10. The number of pyridine rings is 1. The maximum atomic E-state index is 11.7. The standard InChI is InChI=1S/C13H19NO2/c1-5-10-9-14-7-6-11(10)8-12(15)16-13(2,3)4/h6-7,9H,5,8H2,1-4H3. The number of rotatable bonds is 3. The largest absolute Gasteiger partial charge is 0.460 e. The molecule has 88 valence electrons. The van der Waals surface area contributed by atoms with Gasteiger partial charge in [-0.2, -0.15) is 0 Å². The second-order valence-electron chi connectivity index (χ2n) is 4.76. The number of aryl methyl sites for hydroxylation is 1. The van der Waals surface area contributed by atoms with Crippen LogP contribution < -0.4 is 0 Å². The summed E-state index contributed by atoms with van der Waals surface area (Å²) < 4.78 is 5.28. The molecule has 0 saturated carbocycles. The Hall–Kier alpha value is -1.38. The molecule has 0 spiro atoms. The van der Waals surface area contributed by atoms with E-state index in [0.29, 0.717) is 6.42 Å². The average molecular weight is 221 g/mol. The van der Waals surface area contributed by atoms with Crippen LogP contribution >= 0.6 is 0 Å². The summed E-state index contributed by atoms with van der Waals surface area (Å²) in [4.78, 5) is 15.7. The fourth-order valence-corrected chi connectivity index (χ4v) is 1.48. The van der Waals surface area contributed by atoms with Crippen molar-refractivity contribution in [3.8, 4) is 0 Å². The van der Waals surface area contributed by atoms with E-state index in [1.54, 1.807) is 12.4 Å². The average Bonchev–Trinajstić information content (AvgIpc) is 2.15. The van der Waals surface area contributed by atoms with Crippen LogP contribution in [0.1, 0.15) is 38.8 Å². The number of ether oxygens (including phenoxy) is 1. The third-order valence-electron chi connectivity index (χ3n) is 2.14. The fraction of sp³-hybridized carbons (Fsp3) is 0.538. The Morgan fingerprint density at radius 2 is 2.06 bits per heavy atom. The van der Waals surface area contributed by atoms with Gasteiger partial charge in [0.2, 0.25) is 0 Å². The third-order valence-corrected chi connectivity index (χ3v) is 2.14. The summed E-state index contributed by atoms with van der Waals surface area (Å²) in [5, 5.41) is 0. The number of carbonyl (C=O) groups excluding carboxylic acids is 1. The number of carbonyl (C=O) groups is 1. The van der Waals surface area contributed by atoms with Crippen molar-refractivity contribution in [2.75, 3.05) is 0 Å². The molecule has 1 aromatic heterocycles. The highest BCUT2D eigenvalue weighted by molar-refractivity contribution is 5.73. The second-order valence-corrected chi connectivity index (χ2v) is 4.76. The molecule has 3 heteroatoms. The lowest BCUT2D eigenvalue weighted by Crippen LogP contribution is -2.25. The quantitative estimate of drug-likeness (QED) is 0.736. The molecule has 16 heavy (non-hydrogen) atoms. The van der Waals surface area contributed by atoms with E-state index in [9.17, 15) is 4.79 Å². The predicted molar refractivity (Wildman–Crippen MR) is 63.2 cm³/mol. The van der Waals surface area contributed by atoms with Crippen LogP contribution in [0.25, 0.3) is 0 Å². The van der Waals surface area contributed by atoms with Crippen LogP contribution in [-0.4, -0.2) is 16.6 Å². The van der Waals surface area contributed by atoms with E-state index in [-0.39, 0.29) is 5.97 Å². The molecule has 3 nitrogen and oxygen atoms in total. The van der Waals surface area contributed by atoms with Gasteiger partial charge in [0.05, 0.1) is 6.42 Å². The summed E-state index contributed by atoms with van der Waals surface area (Å²) in [6.07, 6.45) is 4.72. The number of esters is 1. The van der Waals surface area contributed by atoms with Crippen molar-refractivity contribution >= 4 is 5.97 Å². The van der Waals surface area contributed by atoms with Gasteiger partial charge in [0.25, 0.3) is 0 Å². The van der Waals surface area contributed by atoms with Gasteiger partial charge < -0.3 is 4.74 Å². The molecule has 0 bridgehead atoms. The van der Waals surface area contributed by atoms with Crippen molar-refractivity contribution in [1.82, 2.24) is 4.98 Å². The minimum absolute atomic E-state index is 0.187. The van der Waals surface area contributed by atoms with Gasteiger partial charge in [-0.05, 0) is 44.4 Å². The lowest BCUT2D eigenvalue weighted by molar-refractivity contribution is -0.153. The van der Waals surface area contributed by atoms with Crippen LogP contribution in [0.4, 0.5) is 0 Å². The minimum atomic E-state index is -0.420. The SMILES string of the molecule is CCc1cnccc1CC(=O)OC(C)(C)C. The molecule has 0 aliphatic rings. The highest BCUT2D eigenvalue weighted by atomic mass is 16.6. The van der Waals surface area contributed by atoms with Gasteiger partial charge in [0.1, 0.15) is 5.60 Å². The van der Waals surface area contributed by atoms with Crippen molar-refractivity contribution in [2.24, 2.45) is 0 Å². The first-order valence-corrected chi connectivity index (χ1v) is 5.56. The molecular formula is C13H19NO2. The van der Waals surface area contributed by atoms with E-state index in [0.717, 1.165) is 17.5 Å². The Morgan fingerprint density at radius 1 is 1.38 bits per heavy atom. The topological polar surface area (TPSA) is 39.2 Å². The number of aromatic nitrogens is 1. The van der Waals surface area contributed by atoms with Gasteiger partial charge in [-0.25, -0.2) is 0 Å². The smallest absolute Gasteiger partial charge is 0.310 e. The zero-order valence-electron chi connectivity index (χ0n) is 10.4. The first kappa shape index (κ1) is 12.7. The molecule has 0 unspecified atom stereocenters. The Morgan fingerprint density at radius 3 is 2.62 bits per heavy atom. The molecule has 1 heterocycles. The molecule has 0 N–H and O–H groups in total. The van der Waals surface area contributed by atoms with Gasteiger partial charge in [0.15, 0.2) is 0 Å². The van der Waals surface area contributed by atoms with E-state index in [4.69, 9.17) is 4.74 Å². The van der Waals surface area contributed by atoms with E-state index in [1.807, 2.05) is 26.8 Å². The summed E-state index contributed by atoms with van der Waals surface area (Å²) >= 11 is 0. The Kier molecular flexibility index (Phi) is 4.05. The normalized spacial score (nSPS) is 11.2. The summed E-state index contributed by atoms with van der Waals surface area (Å²) in [7, 11) is 0. The molecule has 0 fully saturated rings. The summed E-state index contributed by atoms with van der Waals surface area (Å²) in [5.74, 6) is -0.187. The Balaban J connectivity index is 2.70. The summed E-state index contributed by atoms with van der Waals surface area (Å²) in [6, 6.07) is 1.88. The summed E-state index contributed by atoms with van der Waals surface area (Å²) in [6.45, 7) is 7.67. The lowest BCUT2D eigenvalue weighted by Gasteiger charge is -2.19. The van der Waals surface area contributed by atoms with E-state index in [2.05, 4.69) is 11.9 Å². The number of nitrogens with zero attached hydrogens (tertiary/aromatic N) is 1.